The van der Waals surface area contributed by atoms with Gasteiger partial charge >= 0.3 is 12.1 Å². The van der Waals surface area contributed by atoms with Gasteiger partial charge in [0, 0.05) is 18.9 Å². The van der Waals surface area contributed by atoms with Crippen molar-refractivity contribution in [3.8, 4) is 5.75 Å². The number of nitrogens with zero attached hydrogens (tertiary/aromatic N) is 1. The second kappa shape index (κ2) is 6.85. The monoisotopic (exact) mass is 322 g/mol. The van der Waals surface area contributed by atoms with E-state index >= 15 is 0 Å². The highest BCUT2D eigenvalue weighted by molar-refractivity contribution is 5.87. The third-order valence-corrected chi connectivity index (χ3v) is 3.25. The molecule has 0 unspecified atom stereocenters. The highest BCUT2D eigenvalue weighted by atomic mass is 16.6. The van der Waals surface area contributed by atoms with E-state index in [-0.39, 0.29) is 17.8 Å². The molecule has 1 fully saturated rings. The Labute approximate surface area is 135 Å². The lowest BCUT2D eigenvalue weighted by Gasteiger charge is -2.36. The molecule has 0 saturated heterocycles. The molecule has 1 aliphatic rings. The molecule has 0 aromatic carbocycles. The first kappa shape index (κ1) is 17.1. The molecule has 7 heteroatoms. The molecule has 1 aromatic heterocycles. The molecule has 1 saturated carbocycles. The molecule has 1 aliphatic carbocycles. The molecule has 2 rings (SSSR count). The number of esters is 1. The van der Waals surface area contributed by atoms with Crippen LogP contribution in [0.4, 0.5) is 4.79 Å². The highest BCUT2D eigenvalue weighted by Crippen LogP contribution is 2.26. The Balaban J connectivity index is 1.74. The smallest absolute Gasteiger partial charge is 0.407 e. The molecule has 0 atom stereocenters. The van der Waals surface area contributed by atoms with Gasteiger partial charge in [0.25, 0.3) is 0 Å². The third kappa shape index (κ3) is 5.12. The third-order valence-electron chi connectivity index (χ3n) is 3.25. The Hall–Kier alpha value is -2.31. The number of amides is 1. The van der Waals surface area contributed by atoms with Gasteiger partial charge < -0.3 is 19.5 Å². The lowest BCUT2D eigenvalue weighted by atomic mass is 9.89. The second-order valence-corrected chi connectivity index (χ2v) is 6.43. The maximum Gasteiger partial charge on any atom is 0.407 e. The zero-order valence-electron chi connectivity index (χ0n) is 13.8. The van der Waals surface area contributed by atoms with Crippen molar-refractivity contribution in [2.75, 3.05) is 7.11 Å². The number of hydrogen-bond donors (Lipinski definition) is 1. The molecule has 0 aliphatic heterocycles. The summed E-state index contributed by atoms with van der Waals surface area (Å²) in [7, 11) is 1.31. The van der Waals surface area contributed by atoms with Crippen molar-refractivity contribution in [2.45, 2.75) is 51.4 Å². The fourth-order valence-corrected chi connectivity index (χ4v) is 2.12. The van der Waals surface area contributed by atoms with E-state index < -0.39 is 17.7 Å². The number of pyridine rings is 1. The van der Waals surface area contributed by atoms with Crippen LogP contribution in [0.5, 0.6) is 5.75 Å². The molecular weight excluding hydrogens is 300 g/mol. The second-order valence-electron chi connectivity index (χ2n) is 6.43. The summed E-state index contributed by atoms with van der Waals surface area (Å²) in [5, 5.41) is 2.80. The number of alkyl carbamates (subject to hydrolysis) is 1. The molecular formula is C16H22N2O5. The van der Waals surface area contributed by atoms with Gasteiger partial charge in [0.15, 0.2) is 0 Å². The summed E-state index contributed by atoms with van der Waals surface area (Å²) in [4.78, 5) is 26.9. The van der Waals surface area contributed by atoms with Crippen LogP contribution in [0.2, 0.25) is 0 Å². The predicted octanol–water partition coefficient (Wildman–Crippen LogP) is 2.30. The van der Waals surface area contributed by atoms with E-state index in [1.165, 1.54) is 13.3 Å². The summed E-state index contributed by atoms with van der Waals surface area (Å²) >= 11 is 0. The van der Waals surface area contributed by atoms with E-state index in [2.05, 4.69) is 15.0 Å². The minimum atomic E-state index is -0.503. The first-order valence-electron chi connectivity index (χ1n) is 7.47. The van der Waals surface area contributed by atoms with Crippen molar-refractivity contribution in [1.82, 2.24) is 10.3 Å². The van der Waals surface area contributed by atoms with Crippen molar-refractivity contribution >= 4 is 12.1 Å². The molecule has 0 spiro atoms. The molecule has 0 bridgehead atoms. The molecule has 1 aromatic rings. The topological polar surface area (TPSA) is 86.8 Å². The lowest BCUT2D eigenvalue weighted by Crippen LogP contribution is -2.50. The average Bonchev–Trinajstić information content (AvgIpc) is 2.43. The Bertz CT molecular complexity index is 559. The minimum absolute atomic E-state index is 0.0145. The Morgan fingerprint density at radius 2 is 1.96 bits per heavy atom. The van der Waals surface area contributed by atoms with Gasteiger partial charge in [0.1, 0.15) is 23.1 Å². The van der Waals surface area contributed by atoms with Gasteiger partial charge in [-0.15, -0.1) is 0 Å². The van der Waals surface area contributed by atoms with Gasteiger partial charge in [0.05, 0.1) is 13.3 Å². The molecule has 0 radical (unpaired) electrons. The van der Waals surface area contributed by atoms with Crippen molar-refractivity contribution in [2.24, 2.45) is 0 Å². The van der Waals surface area contributed by atoms with E-state index in [0.717, 1.165) is 0 Å². The van der Waals surface area contributed by atoms with Crippen molar-refractivity contribution in [3.63, 3.8) is 0 Å². The number of aromatic nitrogens is 1. The summed E-state index contributed by atoms with van der Waals surface area (Å²) in [6.45, 7) is 5.47. The van der Waals surface area contributed by atoms with E-state index in [9.17, 15) is 9.59 Å². The van der Waals surface area contributed by atoms with E-state index in [1.54, 1.807) is 12.1 Å². The number of ether oxygens (including phenoxy) is 3. The number of hydrogen-bond acceptors (Lipinski definition) is 6. The summed E-state index contributed by atoms with van der Waals surface area (Å²) in [5.74, 6) is 0.0974. The quantitative estimate of drug-likeness (QED) is 0.856. The summed E-state index contributed by atoms with van der Waals surface area (Å²) in [6, 6.07) is 3.28. The molecule has 126 valence electrons. The number of carbonyl (C=O) groups excluding carboxylic acids is 2. The van der Waals surface area contributed by atoms with Crippen LogP contribution < -0.4 is 10.1 Å². The number of carbonyl (C=O) groups is 2. The highest BCUT2D eigenvalue weighted by Gasteiger charge is 2.33. The number of rotatable bonds is 4. The van der Waals surface area contributed by atoms with Crippen molar-refractivity contribution < 1.29 is 23.8 Å². The van der Waals surface area contributed by atoms with E-state index in [4.69, 9.17) is 9.47 Å². The maximum absolute atomic E-state index is 11.6. The van der Waals surface area contributed by atoms with Crippen LogP contribution in [-0.2, 0) is 9.47 Å². The van der Waals surface area contributed by atoms with Crippen LogP contribution in [0.15, 0.2) is 18.3 Å². The van der Waals surface area contributed by atoms with Crippen LogP contribution in [-0.4, -0.2) is 41.9 Å². The first-order valence-corrected chi connectivity index (χ1v) is 7.47. The summed E-state index contributed by atoms with van der Waals surface area (Å²) < 4.78 is 15.5. The molecule has 7 nitrogen and oxygen atoms in total. The van der Waals surface area contributed by atoms with Gasteiger partial charge in [-0.3, -0.25) is 0 Å². The summed E-state index contributed by atoms with van der Waals surface area (Å²) in [6.07, 6.45) is 2.50. The lowest BCUT2D eigenvalue weighted by molar-refractivity contribution is 0.0362. The first-order chi connectivity index (χ1) is 10.8. The maximum atomic E-state index is 11.6. The molecule has 1 heterocycles. The van der Waals surface area contributed by atoms with Crippen LogP contribution in [0.1, 0.15) is 44.1 Å². The van der Waals surface area contributed by atoms with Crippen molar-refractivity contribution in [3.05, 3.63) is 24.0 Å². The van der Waals surface area contributed by atoms with Crippen LogP contribution in [0, 0.1) is 0 Å². The average molecular weight is 322 g/mol. The largest absolute Gasteiger partial charge is 0.489 e. The van der Waals surface area contributed by atoms with Crippen LogP contribution >= 0.6 is 0 Å². The van der Waals surface area contributed by atoms with E-state index in [1.807, 2.05) is 20.8 Å². The van der Waals surface area contributed by atoms with Gasteiger partial charge in [-0.2, -0.15) is 0 Å². The Morgan fingerprint density at radius 3 is 2.48 bits per heavy atom. The fourth-order valence-electron chi connectivity index (χ4n) is 2.12. The van der Waals surface area contributed by atoms with Gasteiger partial charge in [-0.25, -0.2) is 14.6 Å². The predicted molar refractivity (Wildman–Crippen MR) is 82.4 cm³/mol. The number of nitrogens with one attached hydrogen (secondary N) is 1. The zero-order valence-corrected chi connectivity index (χ0v) is 13.8. The molecule has 23 heavy (non-hydrogen) atoms. The van der Waals surface area contributed by atoms with Gasteiger partial charge in [-0.05, 0) is 32.9 Å². The van der Waals surface area contributed by atoms with Crippen LogP contribution in [0.25, 0.3) is 0 Å². The van der Waals surface area contributed by atoms with Crippen molar-refractivity contribution in [1.29, 1.82) is 0 Å². The number of methoxy groups -OCH3 is 1. The summed E-state index contributed by atoms with van der Waals surface area (Å²) in [5.41, 5.74) is -0.269. The minimum Gasteiger partial charge on any atom is -0.489 e. The van der Waals surface area contributed by atoms with E-state index in [0.29, 0.717) is 18.6 Å². The van der Waals surface area contributed by atoms with Gasteiger partial charge in [-0.1, -0.05) is 0 Å². The Morgan fingerprint density at radius 1 is 1.26 bits per heavy atom. The fraction of sp³-hybridized carbons (Fsp3) is 0.562. The molecule has 1 amide bonds. The standard InChI is InChI=1S/C16H22N2O5/c1-16(2,3)23-15(20)18-10-7-12(8-10)22-11-5-6-13(17-9-11)14(19)21-4/h5-6,9-10,12H,7-8H2,1-4H3,(H,18,20)/t10-,12+. The van der Waals surface area contributed by atoms with Gasteiger partial charge in [0.2, 0.25) is 0 Å². The SMILES string of the molecule is COC(=O)c1ccc(O[C@H]2C[C@@H](NC(=O)OC(C)(C)C)C2)cn1. The molecule has 1 N–H and O–H groups in total. The van der Waals surface area contributed by atoms with Crippen LogP contribution in [0.3, 0.4) is 0 Å². The normalized spacial score (nSPS) is 20.2. The Kier molecular flexibility index (Phi) is 5.08. The zero-order chi connectivity index (χ0) is 17.0.